The second-order valence-corrected chi connectivity index (χ2v) is 5.52. The van der Waals surface area contributed by atoms with Gasteiger partial charge in [0.25, 0.3) is 0 Å². The second kappa shape index (κ2) is 5.91. The van der Waals surface area contributed by atoms with Crippen LogP contribution in [0.1, 0.15) is 15.9 Å². The maximum atomic E-state index is 13.3. The monoisotopic (exact) mass is 334 g/mol. The maximum Gasteiger partial charge on any atom is 0.196 e. The molecule has 0 radical (unpaired) electrons. The molecule has 6 heteroatoms. The van der Waals surface area contributed by atoms with E-state index in [0.29, 0.717) is 26.9 Å². The topological polar surface area (TPSA) is 45.8 Å². The first-order valence-electron chi connectivity index (χ1n) is 6.35. The van der Waals surface area contributed by atoms with E-state index in [1.165, 1.54) is 24.4 Å². The fourth-order valence-electron chi connectivity index (χ4n) is 2.16. The van der Waals surface area contributed by atoms with Crippen LogP contribution in [-0.4, -0.2) is 16.0 Å². The highest BCUT2D eigenvalue weighted by atomic mass is 35.5. The number of carbonyl (C=O) groups is 1. The van der Waals surface area contributed by atoms with Crippen molar-refractivity contribution in [2.24, 2.45) is 0 Å². The van der Waals surface area contributed by atoms with Crippen molar-refractivity contribution in [3.63, 3.8) is 0 Å². The lowest BCUT2D eigenvalue weighted by molar-refractivity contribution is 0.103. The summed E-state index contributed by atoms with van der Waals surface area (Å²) in [5.74, 6) is -0.805. The van der Waals surface area contributed by atoms with Crippen LogP contribution in [0.25, 0.3) is 11.3 Å². The summed E-state index contributed by atoms with van der Waals surface area (Å²) in [5.41, 5.74) is 1.59. The second-order valence-electron chi connectivity index (χ2n) is 4.65. The average Bonchev–Trinajstić information content (AvgIpc) is 2.95. The molecule has 0 atom stereocenters. The van der Waals surface area contributed by atoms with Crippen molar-refractivity contribution >= 4 is 29.0 Å². The number of aromatic nitrogens is 2. The van der Waals surface area contributed by atoms with E-state index in [1.807, 2.05) is 0 Å². The van der Waals surface area contributed by atoms with Crippen LogP contribution in [0.5, 0.6) is 0 Å². The van der Waals surface area contributed by atoms with Gasteiger partial charge in [0.2, 0.25) is 0 Å². The zero-order chi connectivity index (χ0) is 15.7. The van der Waals surface area contributed by atoms with Crippen molar-refractivity contribution in [1.82, 2.24) is 10.2 Å². The molecule has 0 aliphatic carbocycles. The third kappa shape index (κ3) is 2.89. The van der Waals surface area contributed by atoms with Crippen molar-refractivity contribution < 1.29 is 9.18 Å². The van der Waals surface area contributed by atoms with Crippen LogP contribution < -0.4 is 0 Å². The van der Waals surface area contributed by atoms with E-state index in [9.17, 15) is 9.18 Å². The number of ketones is 1. The number of hydrogen-bond acceptors (Lipinski definition) is 2. The molecule has 0 unspecified atom stereocenters. The molecule has 22 heavy (non-hydrogen) atoms. The van der Waals surface area contributed by atoms with Gasteiger partial charge in [0.15, 0.2) is 5.78 Å². The maximum absolute atomic E-state index is 13.3. The van der Waals surface area contributed by atoms with Crippen LogP contribution in [0.4, 0.5) is 4.39 Å². The summed E-state index contributed by atoms with van der Waals surface area (Å²) in [5, 5.41) is 7.61. The molecule has 1 N–H and O–H groups in total. The van der Waals surface area contributed by atoms with Crippen LogP contribution in [0.15, 0.2) is 48.7 Å². The van der Waals surface area contributed by atoms with Crippen molar-refractivity contribution in [3.8, 4) is 11.3 Å². The number of aromatic amines is 1. The lowest BCUT2D eigenvalue weighted by Gasteiger charge is -2.04. The number of nitrogens with zero attached hydrogens (tertiary/aromatic N) is 1. The molecule has 1 aromatic heterocycles. The Morgan fingerprint density at radius 1 is 1.09 bits per heavy atom. The average molecular weight is 335 g/mol. The van der Waals surface area contributed by atoms with Crippen molar-refractivity contribution in [2.45, 2.75) is 0 Å². The van der Waals surface area contributed by atoms with Gasteiger partial charge in [0.1, 0.15) is 11.5 Å². The molecular weight excluding hydrogens is 326 g/mol. The zero-order valence-corrected chi connectivity index (χ0v) is 12.6. The predicted molar refractivity (Wildman–Crippen MR) is 83.9 cm³/mol. The fraction of sp³-hybridized carbons (Fsp3) is 0. The molecule has 0 aliphatic heterocycles. The number of hydrogen-bond donors (Lipinski definition) is 1. The van der Waals surface area contributed by atoms with Crippen molar-refractivity contribution in [2.75, 3.05) is 0 Å². The summed E-state index contributed by atoms with van der Waals surface area (Å²) < 4.78 is 13.3. The van der Waals surface area contributed by atoms with E-state index in [1.54, 1.807) is 24.3 Å². The summed E-state index contributed by atoms with van der Waals surface area (Å²) in [7, 11) is 0. The normalized spacial score (nSPS) is 10.7. The number of halogens is 3. The van der Waals surface area contributed by atoms with Crippen LogP contribution in [0.3, 0.4) is 0 Å². The predicted octanol–water partition coefficient (Wildman–Crippen LogP) is 4.75. The lowest BCUT2D eigenvalue weighted by atomic mass is 10.0. The van der Waals surface area contributed by atoms with Crippen LogP contribution in [-0.2, 0) is 0 Å². The Labute approximate surface area is 135 Å². The number of nitrogens with one attached hydrogen (secondary N) is 1. The first-order valence-corrected chi connectivity index (χ1v) is 7.10. The molecule has 0 saturated heterocycles. The van der Waals surface area contributed by atoms with E-state index >= 15 is 0 Å². The third-order valence-corrected chi connectivity index (χ3v) is 3.54. The summed E-state index contributed by atoms with van der Waals surface area (Å²) in [6.45, 7) is 0. The van der Waals surface area contributed by atoms with E-state index in [4.69, 9.17) is 23.2 Å². The van der Waals surface area contributed by atoms with Gasteiger partial charge >= 0.3 is 0 Å². The number of benzene rings is 2. The van der Waals surface area contributed by atoms with Gasteiger partial charge in [-0.2, -0.15) is 5.10 Å². The highest BCUT2D eigenvalue weighted by molar-refractivity contribution is 6.35. The molecule has 2 aromatic carbocycles. The van der Waals surface area contributed by atoms with Gasteiger partial charge in [-0.05, 0) is 30.3 Å². The largest absolute Gasteiger partial charge is 0.288 e. The Kier molecular flexibility index (Phi) is 3.96. The number of rotatable bonds is 3. The number of carbonyl (C=O) groups excluding carboxylic acids is 1. The van der Waals surface area contributed by atoms with Gasteiger partial charge in [0.05, 0.1) is 5.56 Å². The number of H-pyrrole nitrogens is 1. The quantitative estimate of drug-likeness (QED) is 0.702. The van der Waals surface area contributed by atoms with Gasteiger partial charge in [-0.1, -0.05) is 35.3 Å². The Morgan fingerprint density at radius 3 is 2.50 bits per heavy atom. The standard InChI is InChI=1S/C16H9Cl2FN2O/c17-11-4-10(5-12(18)7-11)15-14(8-20-21-15)16(22)9-2-1-3-13(19)6-9/h1-8H,(H,20,21). The molecule has 110 valence electrons. The lowest BCUT2D eigenvalue weighted by Crippen LogP contribution is -2.02. The van der Waals surface area contributed by atoms with E-state index in [0.717, 1.165) is 0 Å². The molecule has 0 aliphatic rings. The third-order valence-electron chi connectivity index (χ3n) is 3.11. The molecule has 3 aromatic rings. The van der Waals surface area contributed by atoms with Crippen molar-refractivity contribution in [3.05, 3.63) is 75.7 Å². The molecule has 0 fully saturated rings. The molecule has 0 bridgehead atoms. The Balaban J connectivity index is 2.07. The summed E-state index contributed by atoms with van der Waals surface area (Å²) in [6.07, 6.45) is 1.47. The first kappa shape index (κ1) is 14.8. The summed E-state index contributed by atoms with van der Waals surface area (Å²) in [6, 6.07) is 10.4. The van der Waals surface area contributed by atoms with Crippen LogP contribution in [0, 0.1) is 5.82 Å². The molecule has 0 spiro atoms. The molecule has 0 amide bonds. The van der Waals surface area contributed by atoms with Gasteiger partial charge in [-0.25, -0.2) is 4.39 Å². The van der Waals surface area contributed by atoms with Crippen LogP contribution in [0.2, 0.25) is 10.0 Å². The molecule has 3 nitrogen and oxygen atoms in total. The van der Waals surface area contributed by atoms with E-state index in [2.05, 4.69) is 10.2 Å². The molecular formula is C16H9Cl2FN2O. The van der Waals surface area contributed by atoms with Gasteiger partial charge in [-0.15, -0.1) is 0 Å². The Morgan fingerprint density at radius 2 is 1.82 bits per heavy atom. The first-order chi connectivity index (χ1) is 10.5. The van der Waals surface area contributed by atoms with Gasteiger partial charge in [-0.3, -0.25) is 9.89 Å². The summed E-state index contributed by atoms with van der Waals surface area (Å²) in [4.78, 5) is 12.5. The van der Waals surface area contributed by atoms with Crippen LogP contribution >= 0.6 is 23.2 Å². The highest BCUT2D eigenvalue weighted by Crippen LogP contribution is 2.29. The summed E-state index contributed by atoms with van der Waals surface area (Å²) >= 11 is 12.0. The SMILES string of the molecule is O=C(c1cccc(F)c1)c1c[nH]nc1-c1cc(Cl)cc(Cl)c1. The highest BCUT2D eigenvalue weighted by Gasteiger charge is 2.18. The molecule has 0 saturated carbocycles. The smallest absolute Gasteiger partial charge is 0.196 e. The van der Waals surface area contributed by atoms with Crippen molar-refractivity contribution in [1.29, 1.82) is 0 Å². The molecule has 1 heterocycles. The minimum atomic E-state index is -0.471. The fourth-order valence-corrected chi connectivity index (χ4v) is 2.68. The van der Waals surface area contributed by atoms with E-state index in [-0.39, 0.29) is 11.3 Å². The molecule has 3 rings (SSSR count). The minimum absolute atomic E-state index is 0.246. The minimum Gasteiger partial charge on any atom is -0.288 e. The Hall–Kier alpha value is -2.17. The van der Waals surface area contributed by atoms with Gasteiger partial charge < -0.3 is 0 Å². The van der Waals surface area contributed by atoms with Gasteiger partial charge in [0, 0.05) is 27.4 Å². The van der Waals surface area contributed by atoms with E-state index < -0.39 is 5.82 Å². The Bertz CT molecular complexity index is 841. The zero-order valence-electron chi connectivity index (χ0n) is 11.1.